The van der Waals surface area contributed by atoms with Gasteiger partial charge in [0.25, 0.3) is 0 Å². The lowest BCUT2D eigenvalue weighted by atomic mass is 9.98. The number of rotatable bonds is 1. The molecule has 0 radical (unpaired) electrons. The summed E-state index contributed by atoms with van der Waals surface area (Å²) < 4.78 is 0. The number of aliphatic carboxylic acids is 1. The first kappa shape index (κ1) is 7.88. The molecule has 0 saturated carbocycles. The van der Waals surface area contributed by atoms with Gasteiger partial charge in [-0.15, -0.1) is 11.8 Å². The minimum Gasteiger partial charge on any atom is -0.479 e. The molecule has 66 valence electrons. The van der Waals surface area contributed by atoms with E-state index in [1.807, 2.05) is 0 Å². The van der Waals surface area contributed by atoms with Crippen LogP contribution in [-0.2, 0) is 9.59 Å². The Hall–Kier alpha value is -0.750. The number of carboxylic acid groups (broad SMARTS) is 1. The summed E-state index contributed by atoms with van der Waals surface area (Å²) >= 11 is 1.26. The summed E-state index contributed by atoms with van der Waals surface area (Å²) in [5.74, 6) is -0.552. The molecule has 0 bridgehead atoms. The second-order valence-electron chi connectivity index (χ2n) is 2.86. The summed E-state index contributed by atoms with van der Waals surface area (Å²) in [7, 11) is 0. The van der Waals surface area contributed by atoms with Gasteiger partial charge < -0.3 is 15.7 Å². The van der Waals surface area contributed by atoms with Gasteiger partial charge in [0.1, 0.15) is 6.04 Å². The zero-order valence-electron chi connectivity index (χ0n) is 6.14. The van der Waals surface area contributed by atoms with Crippen molar-refractivity contribution in [3.05, 3.63) is 0 Å². The largest absolute Gasteiger partial charge is 0.479 e. The normalized spacial score (nSPS) is 39.2. The number of hydrogen-bond donors (Lipinski definition) is 2. The Morgan fingerprint density at radius 1 is 1.75 bits per heavy atom. The third-order valence-corrected chi connectivity index (χ3v) is 3.48. The van der Waals surface area contributed by atoms with Crippen LogP contribution in [0.15, 0.2) is 0 Å². The van der Waals surface area contributed by atoms with Crippen LogP contribution >= 0.6 is 11.8 Å². The maximum atomic E-state index is 11.1. The fourth-order valence-corrected chi connectivity index (χ4v) is 2.84. The minimum absolute atomic E-state index is 0.0522. The second kappa shape index (κ2) is 2.37. The van der Waals surface area contributed by atoms with Gasteiger partial charge in [0.15, 0.2) is 5.37 Å². The first-order valence-electron chi connectivity index (χ1n) is 3.55. The van der Waals surface area contributed by atoms with Crippen molar-refractivity contribution in [1.29, 1.82) is 0 Å². The molecule has 0 aliphatic carbocycles. The number of thioether (sulfide) groups is 1. The van der Waals surface area contributed by atoms with E-state index in [1.54, 1.807) is 0 Å². The van der Waals surface area contributed by atoms with Crippen molar-refractivity contribution in [3.63, 3.8) is 0 Å². The lowest BCUT2D eigenvalue weighted by Crippen LogP contribution is -2.69. The molecule has 6 heteroatoms. The van der Waals surface area contributed by atoms with Crippen LogP contribution in [0.1, 0.15) is 0 Å². The molecule has 2 heterocycles. The number of β-lactam (4-membered cyclic amide) rings is 1. The van der Waals surface area contributed by atoms with Gasteiger partial charge in [-0.2, -0.15) is 0 Å². The fourth-order valence-electron chi connectivity index (χ4n) is 1.52. The number of carboxylic acids is 1. The minimum atomic E-state index is -0.956. The monoisotopic (exact) mass is 188 g/mol. The first-order valence-corrected chi connectivity index (χ1v) is 4.60. The molecule has 2 aliphatic heterocycles. The van der Waals surface area contributed by atoms with E-state index in [4.69, 9.17) is 10.8 Å². The molecule has 2 fully saturated rings. The third-order valence-electron chi connectivity index (χ3n) is 2.20. The summed E-state index contributed by atoms with van der Waals surface area (Å²) in [6, 6.07) is -0.523. The Balaban J connectivity index is 2.16. The molecule has 2 unspecified atom stereocenters. The van der Waals surface area contributed by atoms with E-state index in [2.05, 4.69) is 0 Å². The van der Waals surface area contributed by atoms with Gasteiger partial charge in [-0.1, -0.05) is 0 Å². The molecule has 2 saturated heterocycles. The number of fused-ring (bicyclic) bond motifs is 1. The molecule has 0 aromatic carbocycles. The van der Waals surface area contributed by atoms with Gasteiger partial charge >= 0.3 is 5.97 Å². The van der Waals surface area contributed by atoms with Gasteiger partial charge in [-0.25, -0.2) is 4.79 Å². The zero-order valence-corrected chi connectivity index (χ0v) is 6.95. The number of carbonyl (C=O) groups is 2. The lowest BCUT2D eigenvalue weighted by Gasteiger charge is -2.41. The molecule has 3 N–H and O–H groups in total. The molecule has 0 aromatic heterocycles. The molecule has 2 rings (SSSR count). The SMILES string of the molecule is N[C@@H]1C(=O)N2C(C(=O)O)SCC12. The Kier molecular flexibility index (Phi) is 1.55. The number of amides is 1. The Morgan fingerprint density at radius 3 is 3.00 bits per heavy atom. The van der Waals surface area contributed by atoms with Crippen LogP contribution in [0.2, 0.25) is 0 Å². The highest BCUT2D eigenvalue weighted by Crippen LogP contribution is 2.37. The summed E-state index contributed by atoms with van der Waals surface area (Å²) in [6.07, 6.45) is 0. The summed E-state index contributed by atoms with van der Waals surface area (Å²) in [5.41, 5.74) is 5.47. The van der Waals surface area contributed by atoms with Gasteiger partial charge in [0, 0.05) is 5.75 Å². The molecular formula is C6H8N2O3S. The third kappa shape index (κ3) is 0.789. The lowest BCUT2D eigenvalue weighted by molar-refractivity contribution is -0.156. The van der Waals surface area contributed by atoms with Gasteiger partial charge in [-0.3, -0.25) is 4.79 Å². The number of carbonyl (C=O) groups excluding carboxylic acids is 1. The quantitative estimate of drug-likeness (QED) is 0.499. The maximum Gasteiger partial charge on any atom is 0.337 e. The van der Waals surface area contributed by atoms with Crippen molar-refractivity contribution < 1.29 is 14.7 Å². The van der Waals surface area contributed by atoms with Gasteiger partial charge in [0.05, 0.1) is 6.04 Å². The van der Waals surface area contributed by atoms with Crippen LogP contribution < -0.4 is 5.73 Å². The molecule has 1 amide bonds. The Labute approximate surface area is 72.9 Å². The van der Waals surface area contributed by atoms with Crippen molar-refractivity contribution in [2.24, 2.45) is 5.73 Å². The van der Waals surface area contributed by atoms with E-state index in [0.29, 0.717) is 5.75 Å². The van der Waals surface area contributed by atoms with Crippen LogP contribution in [-0.4, -0.2) is 45.1 Å². The predicted octanol–water partition coefficient (Wildman–Crippen LogP) is -1.32. The highest BCUT2D eigenvalue weighted by molar-refractivity contribution is 8.00. The molecule has 2 aliphatic rings. The van der Waals surface area contributed by atoms with Gasteiger partial charge in [0.2, 0.25) is 5.91 Å². The Bertz CT molecular complexity index is 257. The molecular weight excluding hydrogens is 180 g/mol. The predicted molar refractivity (Wildman–Crippen MR) is 42.5 cm³/mol. The maximum absolute atomic E-state index is 11.1. The van der Waals surface area contributed by atoms with Crippen LogP contribution in [0.5, 0.6) is 0 Å². The standard InChI is InChI=1S/C6H8N2O3S/c7-3-2-1-12-5(6(10)11)8(2)4(3)9/h2-3,5H,1,7H2,(H,10,11)/t2?,3-,5?/m0/s1. The Morgan fingerprint density at radius 2 is 2.42 bits per heavy atom. The average Bonchev–Trinajstić information content (AvgIpc) is 2.43. The van der Waals surface area contributed by atoms with Crippen molar-refractivity contribution in [1.82, 2.24) is 4.90 Å². The van der Waals surface area contributed by atoms with Crippen LogP contribution in [0.25, 0.3) is 0 Å². The number of hydrogen-bond acceptors (Lipinski definition) is 4. The van der Waals surface area contributed by atoms with Crippen LogP contribution in [0, 0.1) is 0 Å². The number of nitrogens with zero attached hydrogens (tertiary/aromatic N) is 1. The molecule has 0 spiro atoms. The van der Waals surface area contributed by atoms with E-state index in [1.165, 1.54) is 16.7 Å². The van der Waals surface area contributed by atoms with E-state index in [9.17, 15) is 9.59 Å². The van der Waals surface area contributed by atoms with Crippen molar-refractivity contribution in [2.75, 3.05) is 5.75 Å². The first-order chi connectivity index (χ1) is 5.63. The summed E-state index contributed by atoms with van der Waals surface area (Å²) in [6.45, 7) is 0. The van der Waals surface area contributed by atoms with E-state index >= 15 is 0 Å². The summed E-state index contributed by atoms with van der Waals surface area (Å²) in [5, 5.41) is 7.98. The highest BCUT2D eigenvalue weighted by atomic mass is 32.2. The fraction of sp³-hybridized carbons (Fsp3) is 0.667. The molecule has 5 nitrogen and oxygen atoms in total. The van der Waals surface area contributed by atoms with E-state index in [-0.39, 0.29) is 11.9 Å². The van der Waals surface area contributed by atoms with Crippen LogP contribution in [0.4, 0.5) is 0 Å². The molecule has 3 atom stereocenters. The smallest absolute Gasteiger partial charge is 0.337 e. The highest BCUT2D eigenvalue weighted by Gasteiger charge is 2.54. The van der Waals surface area contributed by atoms with Gasteiger partial charge in [-0.05, 0) is 0 Å². The van der Waals surface area contributed by atoms with Crippen molar-refractivity contribution in [3.8, 4) is 0 Å². The molecule has 12 heavy (non-hydrogen) atoms. The van der Waals surface area contributed by atoms with E-state index in [0.717, 1.165) is 0 Å². The topological polar surface area (TPSA) is 83.6 Å². The van der Waals surface area contributed by atoms with E-state index < -0.39 is 17.4 Å². The molecule has 0 aromatic rings. The summed E-state index contributed by atoms with van der Waals surface area (Å²) in [4.78, 5) is 23.0. The number of nitrogens with two attached hydrogens (primary N) is 1. The second-order valence-corrected chi connectivity index (χ2v) is 3.98. The van der Waals surface area contributed by atoms with Crippen molar-refractivity contribution in [2.45, 2.75) is 17.5 Å². The zero-order chi connectivity index (χ0) is 8.88. The average molecular weight is 188 g/mol. The van der Waals surface area contributed by atoms with Crippen LogP contribution in [0.3, 0.4) is 0 Å². The van der Waals surface area contributed by atoms with Crippen molar-refractivity contribution >= 4 is 23.6 Å².